The summed E-state index contributed by atoms with van der Waals surface area (Å²) in [5.74, 6) is 2.11. The molecule has 0 aliphatic rings. The van der Waals surface area contributed by atoms with Crippen LogP contribution >= 0.6 is 11.6 Å². The van der Waals surface area contributed by atoms with Crippen LogP contribution in [-0.4, -0.2) is 5.88 Å². The first kappa shape index (κ1) is 13.6. The number of halogens is 1. The van der Waals surface area contributed by atoms with Gasteiger partial charge in [0.2, 0.25) is 0 Å². The average Bonchev–Trinajstić information content (AvgIpc) is 2.21. The summed E-state index contributed by atoms with van der Waals surface area (Å²) in [6.07, 6.45) is 2.34. The molecule has 0 heterocycles. The molecular formula is C15H23Cl. The van der Waals surface area contributed by atoms with Crippen LogP contribution in [-0.2, 0) is 6.42 Å². The largest absolute Gasteiger partial charge is 0.126 e. The van der Waals surface area contributed by atoms with Gasteiger partial charge >= 0.3 is 0 Å². The molecule has 1 aromatic carbocycles. The van der Waals surface area contributed by atoms with Crippen LogP contribution in [0.2, 0.25) is 0 Å². The molecule has 1 atom stereocenters. The van der Waals surface area contributed by atoms with Crippen molar-refractivity contribution in [1.29, 1.82) is 0 Å². The first-order chi connectivity index (χ1) is 7.54. The highest BCUT2D eigenvalue weighted by Crippen LogP contribution is 2.23. The Bertz CT molecular complexity index is 308. The van der Waals surface area contributed by atoms with Crippen LogP contribution in [0.3, 0.4) is 0 Å². The van der Waals surface area contributed by atoms with E-state index in [0.29, 0.717) is 5.92 Å². The van der Waals surface area contributed by atoms with E-state index in [0.717, 1.165) is 18.2 Å². The second kappa shape index (κ2) is 6.30. The van der Waals surface area contributed by atoms with Gasteiger partial charge < -0.3 is 0 Å². The Morgan fingerprint density at radius 3 is 2.12 bits per heavy atom. The third kappa shape index (κ3) is 3.83. The lowest BCUT2D eigenvalue weighted by Crippen LogP contribution is -2.11. The van der Waals surface area contributed by atoms with Crippen molar-refractivity contribution in [3.8, 4) is 0 Å². The van der Waals surface area contributed by atoms with Gasteiger partial charge in [0, 0.05) is 5.88 Å². The van der Waals surface area contributed by atoms with E-state index in [2.05, 4.69) is 45.9 Å². The van der Waals surface area contributed by atoms with Gasteiger partial charge in [-0.2, -0.15) is 0 Å². The molecule has 0 saturated carbocycles. The monoisotopic (exact) mass is 238 g/mol. The molecular weight excluding hydrogens is 216 g/mol. The fourth-order valence-corrected chi connectivity index (χ4v) is 2.56. The third-order valence-electron chi connectivity index (χ3n) is 3.16. The molecule has 0 aromatic heterocycles. The number of hydrogen-bond acceptors (Lipinski definition) is 0. The van der Waals surface area contributed by atoms with Gasteiger partial charge in [0.05, 0.1) is 0 Å². The Morgan fingerprint density at radius 1 is 1.12 bits per heavy atom. The Kier molecular flexibility index (Phi) is 5.34. The zero-order valence-corrected chi connectivity index (χ0v) is 11.6. The van der Waals surface area contributed by atoms with Crippen molar-refractivity contribution >= 4 is 11.6 Å². The van der Waals surface area contributed by atoms with Crippen molar-refractivity contribution in [3.63, 3.8) is 0 Å². The summed E-state index contributed by atoms with van der Waals surface area (Å²) in [6, 6.07) is 6.53. The smallest absolute Gasteiger partial charge is 0.0255 e. The van der Waals surface area contributed by atoms with Gasteiger partial charge in [-0.05, 0) is 55.2 Å². The molecule has 0 radical (unpaired) electrons. The van der Waals surface area contributed by atoms with Crippen LogP contribution in [0.4, 0.5) is 0 Å². The minimum absolute atomic E-state index is 0.612. The highest BCUT2D eigenvalue weighted by molar-refractivity contribution is 6.18. The maximum Gasteiger partial charge on any atom is 0.0255 e. The van der Waals surface area contributed by atoms with Gasteiger partial charge in [0.1, 0.15) is 0 Å². The predicted molar refractivity (Wildman–Crippen MR) is 73.3 cm³/mol. The summed E-state index contributed by atoms with van der Waals surface area (Å²) >= 11 is 6.07. The second-order valence-corrected chi connectivity index (χ2v) is 5.53. The Balaban J connectivity index is 2.77. The van der Waals surface area contributed by atoms with E-state index in [9.17, 15) is 0 Å². The standard InChI is InChI=1S/C15H23Cl/c1-11(2)8-14(10-16)9-15-12(3)6-5-7-13(15)4/h5-7,11,14H,8-10H2,1-4H3. The van der Waals surface area contributed by atoms with Gasteiger partial charge in [0.25, 0.3) is 0 Å². The fourth-order valence-electron chi connectivity index (χ4n) is 2.33. The van der Waals surface area contributed by atoms with Crippen LogP contribution in [0.5, 0.6) is 0 Å². The molecule has 0 saturated heterocycles. The Morgan fingerprint density at radius 2 is 1.69 bits per heavy atom. The Hall–Kier alpha value is -0.490. The lowest BCUT2D eigenvalue weighted by molar-refractivity contribution is 0.440. The van der Waals surface area contributed by atoms with Crippen LogP contribution in [0, 0.1) is 25.7 Å². The van der Waals surface area contributed by atoms with E-state index >= 15 is 0 Å². The van der Waals surface area contributed by atoms with Gasteiger partial charge in [-0.15, -0.1) is 11.6 Å². The van der Waals surface area contributed by atoms with Crippen molar-refractivity contribution < 1.29 is 0 Å². The van der Waals surface area contributed by atoms with E-state index < -0.39 is 0 Å². The summed E-state index contributed by atoms with van der Waals surface area (Å²) in [6.45, 7) is 8.93. The second-order valence-electron chi connectivity index (χ2n) is 5.22. The SMILES string of the molecule is Cc1cccc(C)c1CC(CCl)CC(C)C. The normalized spacial score (nSPS) is 13.1. The average molecular weight is 239 g/mol. The number of rotatable bonds is 5. The molecule has 0 spiro atoms. The highest BCUT2D eigenvalue weighted by atomic mass is 35.5. The maximum absolute atomic E-state index is 6.07. The zero-order chi connectivity index (χ0) is 12.1. The molecule has 0 aliphatic heterocycles. The number of aryl methyl sites for hydroxylation is 2. The molecule has 0 fully saturated rings. The molecule has 0 bridgehead atoms. The van der Waals surface area contributed by atoms with Crippen molar-refractivity contribution in [3.05, 3.63) is 34.9 Å². The van der Waals surface area contributed by atoms with Crippen LogP contribution in [0.25, 0.3) is 0 Å². The van der Waals surface area contributed by atoms with Gasteiger partial charge in [0.15, 0.2) is 0 Å². The van der Waals surface area contributed by atoms with E-state index in [1.54, 1.807) is 0 Å². The number of benzene rings is 1. The zero-order valence-electron chi connectivity index (χ0n) is 10.9. The maximum atomic E-state index is 6.07. The van der Waals surface area contributed by atoms with Crippen LogP contribution in [0.15, 0.2) is 18.2 Å². The van der Waals surface area contributed by atoms with Gasteiger partial charge in [-0.3, -0.25) is 0 Å². The molecule has 0 aliphatic carbocycles. The van der Waals surface area contributed by atoms with E-state index in [-0.39, 0.29) is 0 Å². The fraction of sp³-hybridized carbons (Fsp3) is 0.600. The quantitative estimate of drug-likeness (QED) is 0.650. The molecule has 1 rings (SSSR count). The number of hydrogen-bond donors (Lipinski definition) is 0. The summed E-state index contributed by atoms with van der Waals surface area (Å²) in [5.41, 5.74) is 4.30. The molecule has 90 valence electrons. The molecule has 1 unspecified atom stereocenters. The first-order valence-corrected chi connectivity index (χ1v) is 6.69. The summed E-state index contributed by atoms with van der Waals surface area (Å²) in [7, 11) is 0. The van der Waals surface area contributed by atoms with E-state index in [1.165, 1.54) is 23.1 Å². The molecule has 16 heavy (non-hydrogen) atoms. The summed E-state index contributed by atoms with van der Waals surface area (Å²) in [5, 5.41) is 0. The molecule has 0 amide bonds. The predicted octanol–water partition coefficient (Wildman–Crippen LogP) is 4.75. The van der Waals surface area contributed by atoms with Gasteiger partial charge in [-0.25, -0.2) is 0 Å². The van der Waals surface area contributed by atoms with Crippen LogP contribution in [0.1, 0.15) is 37.0 Å². The lowest BCUT2D eigenvalue weighted by atomic mass is 9.89. The third-order valence-corrected chi connectivity index (χ3v) is 3.60. The highest BCUT2D eigenvalue weighted by Gasteiger charge is 2.13. The van der Waals surface area contributed by atoms with Crippen molar-refractivity contribution in [1.82, 2.24) is 0 Å². The minimum atomic E-state index is 0.612. The van der Waals surface area contributed by atoms with E-state index in [4.69, 9.17) is 11.6 Å². The Labute approximate surface area is 105 Å². The lowest BCUT2D eigenvalue weighted by Gasteiger charge is -2.19. The first-order valence-electron chi connectivity index (χ1n) is 6.15. The van der Waals surface area contributed by atoms with Crippen LogP contribution < -0.4 is 0 Å². The van der Waals surface area contributed by atoms with Crippen molar-refractivity contribution in [2.75, 3.05) is 5.88 Å². The minimum Gasteiger partial charge on any atom is -0.126 e. The van der Waals surface area contributed by atoms with Crippen molar-refractivity contribution in [2.45, 2.75) is 40.5 Å². The van der Waals surface area contributed by atoms with E-state index in [1.807, 2.05) is 0 Å². The molecule has 0 nitrogen and oxygen atoms in total. The molecule has 1 aromatic rings. The summed E-state index contributed by atoms with van der Waals surface area (Å²) < 4.78 is 0. The number of alkyl halides is 1. The summed E-state index contributed by atoms with van der Waals surface area (Å²) in [4.78, 5) is 0. The molecule has 1 heteroatoms. The molecule has 0 N–H and O–H groups in total. The van der Waals surface area contributed by atoms with Gasteiger partial charge in [-0.1, -0.05) is 32.0 Å². The topological polar surface area (TPSA) is 0 Å². The van der Waals surface area contributed by atoms with Crippen molar-refractivity contribution in [2.24, 2.45) is 11.8 Å².